The zero-order chi connectivity index (χ0) is 19.6. The summed E-state index contributed by atoms with van der Waals surface area (Å²) in [4.78, 5) is 39.9. The van der Waals surface area contributed by atoms with E-state index in [9.17, 15) is 14.4 Å². The van der Waals surface area contributed by atoms with Gasteiger partial charge in [-0.2, -0.15) is 0 Å². The molecule has 0 saturated carbocycles. The molecule has 2 aromatic rings. The van der Waals surface area contributed by atoms with Crippen molar-refractivity contribution in [3.63, 3.8) is 0 Å². The van der Waals surface area contributed by atoms with Gasteiger partial charge in [-0.25, -0.2) is 9.36 Å². The Morgan fingerprint density at radius 3 is 2.48 bits per heavy atom. The quantitative estimate of drug-likeness (QED) is 0.837. The SMILES string of the molecule is Cc1ccccc1NC(=O)Cn1c(=O)c(N2CCCCC2)c(N)n(C)c1=O. The van der Waals surface area contributed by atoms with Gasteiger partial charge in [-0.3, -0.25) is 14.2 Å². The van der Waals surface area contributed by atoms with Gasteiger partial charge in [0.2, 0.25) is 5.91 Å². The molecule has 3 N–H and O–H groups in total. The second-order valence-electron chi connectivity index (χ2n) is 6.88. The van der Waals surface area contributed by atoms with E-state index < -0.39 is 17.2 Å². The van der Waals surface area contributed by atoms with E-state index in [4.69, 9.17) is 5.73 Å². The van der Waals surface area contributed by atoms with Gasteiger partial charge in [-0.05, 0) is 37.8 Å². The summed E-state index contributed by atoms with van der Waals surface area (Å²) in [5, 5.41) is 2.75. The van der Waals surface area contributed by atoms with E-state index in [1.165, 1.54) is 11.6 Å². The van der Waals surface area contributed by atoms with Gasteiger partial charge in [0.15, 0.2) is 0 Å². The molecule has 0 aliphatic carbocycles. The maximum absolute atomic E-state index is 13.0. The zero-order valence-corrected chi connectivity index (χ0v) is 15.7. The topological polar surface area (TPSA) is 102 Å². The minimum Gasteiger partial charge on any atom is -0.383 e. The average Bonchev–Trinajstić information content (AvgIpc) is 2.66. The molecule has 0 radical (unpaired) electrons. The van der Waals surface area contributed by atoms with Crippen molar-refractivity contribution < 1.29 is 4.79 Å². The van der Waals surface area contributed by atoms with Crippen LogP contribution in [0.5, 0.6) is 0 Å². The van der Waals surface area contributed by atoms with Gasteiger partial charge in [-0.15, -0.1) is 0 Å². The number of carbonyl (C=O) groups excluding carboxylic acids is 1. The smallest absolute Gasteiger partial charge is 0.332 e. The molecule has 1 aromatic carbocycles. The number of hydrogen-bond donors (Lipinski definition) is 2. The van der Waals surface area contributed by atoms with E-state index >= 15 is 0 Å². The minimum atomic E-state index is -0.599. The number of nitrogens with zero attached hydrogens (tertiary/aromatic N) is 3. The predicted molar refractivity (Wildman–Crippen MR) is 106 cm³/mol. The van der Waals surface area contributed by atoms with E-state index in [1.807, 2.05) is 30.0 Å². The van der Waals surface area contributed by atoms with E-state index in [-0.39, 0.29) is 12.4 Å². The van der Waals surface area contributed by atoms with E-state index in [2.05, 4.69) is 5.32 Å². The Balaban J connectivity index is 1.94. The number of aryl methyl sites for hydroxylation is 1. The Labute approximate surface area is 157 Å². The number of benzene rings is 1. The van der Waals surface area contributed by atoms with Crippen molar-refractivity contribution in [1.29, 1.82) is 0 Å². The third kappa shape index (κ3) is 3.74. The van der Waals surface area contributed by atoms with Crippen LogP contribution in [0.3, 0.4) is 0 Å². The maximum Gasteiger partial charge on any atom is 0.332 e. The predicted octanol–water partition coefficient (Wildman–Crippen LogP) is 1.07. The molecule has 27 heavy (non-hydrogen) atoms. The standard InChI is InChI=1S/C19H25N5O3/c1-13-8-4-5-9-14(13)21-15(25)12-24-18(26)16(17(20)22(2)19(24)27)23-10-6-3-7-11-23/h4-5,8-9H,3,6-7,10-12,20H2,1-2H3,(H,21,25). The Bertz CT molecular complexity index is 970. The summed E-state index contributed by atoms with van der Waals surface area (Å²) in [5.74, 6) is -0.291. The molecule has 0 bridgehead atoms. The first-order valence-electron chi connectivity index (χ1n) is 9.10. The Hall–Kier alpha value is -3.03. The number of nitrogen functional groups attached to an aromatic ring is 1. The average molecular weight is 371 g/mol. The second-order valence-corrected chi connectivity index (χ2v) is 6.88. The number of nitrogens with one attached hydrogen (secondary N) is 1. The lowest BCUT2D eigenvalue weighted by atomic mass is 10.1. The van der Waals surface area contributed by atoms with Crippen molar-refractivity contribution in [2.45, 2.75) is 32.7 Å². The highest BCUT2D eigenvalue weighted by atomic mass is 16.2. The molecule has 1 aliphatic heterocycles. The lowest BCUT2D eigenvalue weighted by molar-refractivity contribution is -0.116. The lowest BCUT2D eigenvalue weighted by Gasteiger charge is -2.29. The summed E-state index contributed by atoms with van der Waals surface area (Å²) < 4.78 is 2.18. The number of nitrogens with two attached hydrogens (primary N) is 1. The molecule has 1 amide bonds. The molecule has 8 heteroatoms. The molecule has 0 spiro atoms. The molecule has 8 nitrogen and oxygen atoms in total. The van der Waals surface area contributed by atoms with E-state index in [0.29, 0.717) is 24.5 Å². The van der Waals surface area contributed by atoms with Gasteiger partial charge in [0.05, 0.1) is 0 Å². The van der Waals surface area contributed by atoms with Crippen molar-refractivity contribution in [1.82, 2.24) is 9.13 Å². The molecule has 3 rings (SSSR count). The first-order chi connectivity index (χ1) is 12.9. The van der Waals surface area contributed by atoms with Gasteiger partial charge < -0.3 is 16.0 Å². The van der Waals surface area contributed by atoms with Crippen molar-refractivity contribution in [2.75, 3.05) is 29.0 Å². The highest BCUT2D eigenvalue weighted by molar-refractivity contribution is 5.91. The minimum absolute atomic E-state index is 0.141. The molecule has 1 fully saturated rings. The molecule has 2 heterocycles. The van der Waals surface area contributed by atoms with Crippen LogP contribution < -0.4 is 27.2 Å². The van der Waals surface area contributed by atoms with Crippen molar-refractivity contribution in [2.24, 2.45) is 7.05 Å². The second kappa shape index (κ2) is 7.69. The highest BCUT2D eigenvalue weighted by Crippen LogP contribution is 2.21. The molecular weight excluding hydrogens is 346 g/mol. The monoisotopic (exact) mass is 371 g/mol. The summed E-state index contributed by atoms with van der Waals surface area (Å²) >= 11 is 0. The Morgan fingerprint density at radius 1 is 1.15 bits per heavy atom. The van der Waals surface area contributed by atoms with Crippen LogP contribution in [-0.2, 0) is 18.4 Å². The molecule has 0 unspecified atom stereocenters. The van der Waals surface area contributed by atoms with Crippen molar-refractivity contribution in [3.8, 4) is 0 Å². The van der Waals surface area contributed by atoms with Crippen LogP contribution in [0.4, 0.5) is 17.2 Å². The fourth-order valence-corrected chi connectivity index (χ4v) is 3.37. The number of piperidine rings is 1. The highest BCUT2D eigenvalue weighted by Gasteiger charge is 2.23. The van der Waals surface area contributed by atoms with Gasteiger partial charge in [0, 0.05) is 25.8 Å². The summed E-state index contributed by atoms with van der Waals surface area (Å²) in [6.45, 7) is 2.94. The first kappa shape index (κ1) is 18.8. The van der Waals surface area contributed by atoms with Crippen LogP contribution in [0.15, 0.2) is 33.9 Å². The summed E-state index contributed by atoms with van der Waals surface area (Å²) in [6, 6.07) is 7.33. The van der Waals surface area contributed by atoms with Crippen molar-refractivity contribution in [3.05, 3.63) is 50.7 Å². The summed E-state index contributed by atoms with van der Waals surface area (Å²) in [5.41, 5.74) is 6.81. The number of rotatable bonds is 4. The largest absolute Gasteiger partial charge is 0.383 e. The summed E-state index contributed by atoms with van der Waals surface area (Å²) in [7, 11) is 1.51. The Morgan fingerprint density at radius 2 is 1.81 bits per heavy atom. The van der Waals surface area contributed by atoms with E-state index in [0.717, 1.165) is 29.4 Å². The normalized spacial score (nSPS) is 14.2. The fraction of sp³-hybridized carbons (Fsp3) is 0.421. The van der Waals surface area contributed by atoms with Crippen LogP contribution >= 0.6 is 0 Å². The third-order valence-electron chi connectivity index (χ3n) is 4.96. The Kier molecular flexibility index (Phi) is 5.34. The van der Waals surface area contributed by atoms with Gasteiger partial charge in [-0.1, -0.05) is 18.2 Å². The first-order valence-corrected chi connectivity index (χ1v) is 9.10. The summed E-state index contributed by atoms with van der Waals surface area (Å²) in [6.07, 6.45) is 3.04. The number of aromatic nitrogens is 2. The van der Waals surface area contributed by atoms with Gasteiger partial charge in [0.25, 0.3) is 5.56 Å². The van der Waals surface area contributed by atoms with Crippen molar-refractivity contribution >= 4 is 23.1 Å². The number of para-hydroxylation sites is 1. The zero-order valence-electron chi connectivity index (χ0n) is 15.7. The number of anilines is 3. The fourth-order valence-electron chi connectivity index (χ4n) is 3.37. The number of amides is 1. The lowest BCUT2D eigenvalue weighted by Crippen LogP contribution is -2.46. The van der Waals surface area contributed by atoms with Crippen LogP contribution in [0.25, 0.3) is 0 Å². The molecule has 1 saturated heterocycles. The van der Waals surface area contributed by atoms with Crippen LogP contribution in [0.2, 0.25) is 0 Å². The van der Waals surface area contributed by atoms with E-state index in [1.54, 1.807) is 6.07 Å². The molecular formula is C19H25N5O3. The third-order valence-corrected chi connectivity index (χ3v) is 4.96. The van der Waals surface area contributed by atoms with Crippen LogP contribution in [0.1, 0.15) is 24.8 Å². The molecule has 1 aromatic heterocycles. The van der Waals surface area contributed by atoms with Gasteiger partial charge >= 0.3 is 5.69 Å². The number of hydrogen-bond acceptors (Lipinski definition) is 5. The van der Waals surface area contributed by atoms with Gasteiger partial charge in [0.1, 0.15) is 18.1 Å². The molecule has 0 atom stereocenters. The van der Waals surface area contributed by atoms with Crippen LogP contribution in [0, 0.1) is 6.92 Å². The number of carbonyl (C=O) groups is 1. The van der Waals surface area contributed by atoms with Crippen LogP contribution in [-0.4, -0.2) is 28.1 Å². The molecule has 144 valence electrons. The maximum atomic E-state index is 13.0. The molecule has 1 aliphatic rings.